The monoisotopic (exact) mass is 612 g/mol. The van der Waals surface area contributed by atoms with E-state index in [9.17, 15) is 18.3 Å². The molecule has 230 valence electrons. The lowest BCUT2D eigenvalue weighted by atomic mass is 10.1. The van der Waals surface area contributed by atoms with E-state index < -0.39 is 15.6 Å². The van der Waals surface area contributed by atoms with Crippen molar-refractivity contribution >= 4 is 15.7 Å². The van der Waals surface area contributed by atoms with Gasteiger partial charge in [0, 0.05) is 37.2 Å². The van der Waals surface area contributed by atoms with E-state index in [0.29, 0.717) is 40.8 Å². The summed E-state index contributed by atoms with van der Waals surface area (Å²) < 4.78 is 47.5. The average Bonchev–Trinajstić information content (AvgIpc) is 3.70. The number of aliphatic hydroxyl groups excluding tert-OH is 1. The van der Waals surface area contributed by atoms with Crippen LogP contribution in [-0.4, -0.2) is 76.6 Å². The van der Waals surface area contributed by atoms with Crippen molar-refractivity contribution < 1.29 is 27.7 Å². The Balaban J connectivity index is 1.58. The van der Waals surface area contributed by atoms with Crippen molar-refractivity contribution in [2.45, 2.75) is 56.4 Å². The summed E-state index contributed by atoms with van der Waals surface area (Å²) in [5.74, 6) is 2.30. The van der Waals surface area contributed by atoms with Gasteiger partial charge in [0.05, 0.1) is 31.3 Å². The number of ether oxygens (including phenoxy) is 3. The second-order valence-corrected chi connectivity index (χ2v) is 12.2. The molecule has 0 amide bonds. The largest absolute Gasteiger partial charge is 0.497 e. The number of nitrogens with zero attached hydrogens (tertiary/aromatic N) is 5. The molecule has 0 bridgehead atoms. The molecule has 1 aliphatic carbocycles. The van der Waals surface area contributed by atoms with Gasteiger partial charge in [-0.3, -0.25) is 4.79 Å². The van der Waals surface area contributed by atoms with Crippen molar-refractivity contribution in [1.29, 1.82) is 0 Å². The van der Waals surface area contributed by atoms with Crippen LogP contribution >= 0.6 is 0 Å². The minimum absolute atomic E-state index is 0.00938. The van der Waals surface area contributed by atoms with Gasteiger partial charge in [0.15, 0.2) is 11.6 Å². The quantitative estimate of drug-likeness (QED) is 0.229. The zero-order chi connectivity index (χ0) is 30.6. The van der Waals surface area contributed by atoms with Crippen LogP contribution in [0.25, 0.3) is 17.0 Å². The fourth-order valence-electron chi connectivity index (χ4n) is 5.37. The van der Waals surface area contributed by atoms with E-state index in [4.69, 9.17) is 14.2 Å². The Morgan fingerprint density at radius 1 is 1.07 bits per heavy atom. The van der Waals surface area contributed by atoms with Crippen LogP contribution in [-0.2, 0) is 16.6 Å². The lowest BCUT2D eigenvalue weighted by Crippen LogP contribution is -2.32. The van der Waals surface area contributed by atoms with E-state index in [1.807, 2.05) is 6.92 Å². The SMILES string of the molecule is CCOc1ccc(S(=O)(=O)N(CCCO)Cc2ccc(OC)cc2OC)cc1-c1nn2c(C3CCCC3)nnc2c(=O)[nH]1. The number of aromatic nitrogens is 5. The number of fused-ring (bicyclic) bond motifs is 1. The molecule has 2 N–H and O–H groups in total. The fourth-order valence-corrected chi connectivity index (χ4v) is 6.85. The first-order valence-electron chi connectivity index (χ1n) is 14.3. The molecule has 0 unspecified atom stereocenters. The Morgan fingerprint density at radius 3 is 2.56 bits per heavy atom. The molecule has 43 heavy (non-hydrogen) atoms. The van der Waals surface area contributed by atoms with Gasteiger partial charge in [0.25, 0.3) is 5.56 Å². The number of hydrogen-bond acceptors (Lipinski definition) is 10. The topological polar surface area (TPSA) is 161 Å². The second kappa shape index (κ2) is 13.1. The first-order valence-corrected chi connectivity index (χ1v) is 15.7. The lowest BCUT2D eigenvalue weighted by Gasteiger charge is -2.24. The van der Waals surface area contributed by atoms with Crippen molar-refractivity contribution in [3.05, 3.63) is 58.1 Å². The van der Waals surface area contributed by atoms with Crippen LogP contribution in [0, 0.1) is 0 Å². The van der Waals surface area contributed by atoms with Crippen molar-refractivity contribution in [2.75, 3.05) is 34.0 Å². The van der Waals surface area contributed by atoms with Crippen LogP contribution in [0.3, 0.4) is 0 Å². The van der Waals surface area contributed by atoms with Gasteiger partial charge < -0.3 is 24.3 Å². The molecule has 0 saturated heterocycles. The number of benzene rings is 2. The third-order valence-electron chi connectivity index (χ3n) is 7.57. The Kier molecular flexibility index (Phi) is 9.28. The van der Waals surface area contributed by atoms with Crippen molar-refractivity contribution in [3.8, 4) is 28.6 Å². The second-order valence-electron chi connectivity index (χ2n) is 10.3. The average molecular weight is 613 g/mol. The van der Waals surface area contributed by atoms with Gasteiger partial charge in [-0.2, -0.15) is 8.82 Å². The summed E-state index contributed by atoms with van der Waals surface area (Å²) in [5.41, 5.74) is 0.515. The van der Waals surface area contributed by atoms with E-state index in [1.54, 1.807) is 24.3 Å². The minimum atomic E-state index is -4.11. The first kappa shape index (κ1) is 30.4. The van der Waals surface area contributed by atoms with Crippen molar-refractivity contribution in [1.82, 2.24) is 29.1 Å². The first-order chi connectivity index (χ1) is 20.8. The number of rotatable bonds is 13. The summed E-state index contributed by atoms with van der Waals surface area (Å²) in [6.07, 6.45) is 4.24. The maximum atomic E-state index is 14.1. The van der Waals surface area contributed by atoms with Gasteiger partial charge >= 0.3 is 0 Å². The highest BCUT2D eigenvalue weighted by Gasteiger charge is 2.28. The number of H-pyrrole nitrogens is 1. The van der Waals surface area contributed by atoms with Gasteiger partial charge in [-0.1, -0.05) is 18.9 Å². The number of aliphatic hydroxyl groups is 1. The summed E-state index contributed by atoms with van der Waals surface area (Å²) >= 11 is 0. The van der Waals surface area contributed by atoms with E-state index in [-0.39, 0.29) is 48.4 Å². The highest BCUT2D eigenvalue weighted by molar-refractivity contribution is 7.89. The maximum Gasteiger partial charge on any atom is 0.296 e. The molecule has 4 aromatic rings. The van der Waals surface area contributed by atoms with Gasteiger partial charge in [0.2, 0.25) is 15.7 Å². The standard InChI is InChI=1S/C29H36N6O7S/c1-4-42-24-13-12-22(43(38,39)34(14-7-15-36)18-20-10-11-21(40-2)16-25(20)41-3)17-23(24)26-30-29(37)28-32-31-27(35(28)33-26)19-8-5-6-9-19/h10-13,16-17,19,36H,4-9,14-15,18H2,1-3H3,(H,30,33,37). The van der Waals surface area contributed by atoms with E-state index in [1.165, 1.54) is 35.2 Å². The Hall–Kier alpha value is -4.01. The maximum absolute atomic E-state index is 14.1. The number of sulfonamides is 1. The van der Waals surface area contributed by atoms with E-state index in [0.717, 1.165) is 25.7 Å². The molecule has 0 atom stereocenters. The van der Waals surface area contributed by atoms with Gasteiger partial charge in [-0.25, -0.2) is 8.42 Å². The summed E-state index contributed by atoms with van der Waals surface area (Å²) in [5, 5.41) is 22.5. The van der Waals surface area contributed by atoms with Crippen LogP contribution in [0.4, 0.5) is 0 Å². The number of nitrogens with one attached hydrogen (secondary N) is 1. The van der Waals surface area contributed by atoms with Crippen LogP contribution in [0.2, 0.25) is 0 Å². The van der Waals surface area contributed by atoms with Crippen LogP contribution in [0.5, 0.6) is 17.2 Å². The predicted molar refractivity (Wildman–Crippen MR) is 158 cm³/mol. The highest BCUT2D eigenvalue weighted by atomic mass is 32.2. The molecule has 2 aromatic heterocycles. The molecule has 0 aliphatic heterocycles. The molecule has 1 aliphatic rings. The molecule has 1 saturated carbocycles. The molecule has 2 aromatic carbocycles. The summed E-state index contributed by atoms with van der Waals surface area (Å²) in [6.45, 7) is 1.98. The smallest absolute Gasteiger partial charge is 0.296 e. The number of aromatic amines is 1. The normalized spacial score (nSPS) is 14.1. The molecular formula is C29H36N6O7S. The third-order valence-corrected chi connectivity index (χ3v) is 9.41. The molecule has 0 radical (unpaired) electrons. The Bertz CT molecular complexity index is 1750. The molecule has 1 fully saturated rings. The highest BCUT2D eigenvalue weighted by Crippen LogP contribution is 2.35. The zero-order valence-electron chi connectivity index (χ0n) is 24.4. The predicted octanol–water partition coefficient (Wildman–Crippen LogP) is 3.13. The van der Waals surface area contributed by atoms with Crippen molar-refractivity contribution in [2.24, 2.45) is 0 Å². The molecule has 0 spiro atoms. The molecule has 5 rings (SSSR count). The van der Waals surface area contributed by atoms with Gasteiger partial charge in [-0.05, 0) is 50.5 Å². The summed E-state index contributed by atoms with van der Waals surface area (Å²) in [6, 6.07) is 9.62. The lowest BCUT2D eigenvalue weighted by molar-refractivity contribution is 0.267. The van der Waals surface area contributed by atoms with E-state index in [2.05, 4.69) is 20.3 Å². The minimum Gasteiger partial charge on any atom is -0.497 e. The van der Waals surface area contributed by atoms with Crippen LogP contribution in [0.15, 0.2) is 46.1 Å². The third kappa shape index (κ3) is 6.21. The fraction of sp³-hybridized carbons (Fsp3) is 0.448. The number of hydrogen-bond donors (Lipinski definition) is 2. The Labute approximate surface area is 249 Å². The van der Waals surface area contributed by atoms with Crippen LogP contribution in [0.1, 0.15) is 56.3 Å². The van der Waals surface area contributed by atoms with Gasteiger partial charge in [0.1, 0.15) is 17.2 Å². The molecule has 2 heterocycles. The number of methoxy groups -OCH3 is 2. The molecule has 13 nitrogen and oxygen atoms in total. The molecule has 14 heteroatoms. The summed E-state index contributed by atoms with van der Waals surface area (Å²) in [4.78, 5) is 15.8. The van der Waals surface area contributed by atoms with E-state index >= 15 is 0 Å². The Morgan fingerprint density at radius 2 is 1.86 bits per heavy atom. The van der Waals surface area contributed by atoms with Crippen LogP contribution < -0.4 is 19.8 Å². The summed E-state index contributed by atoms with van der Waals surface area (Å²) in [7, 11) is -1.07. The molecular weight excluding hydrogens is 576 g/mol. The van der Waals surface area contributed by atoms with Crippen molar-refractivity contribution in [3.63, 3.8) is 0 Å². The zero-order valence-corrected chi connectivity index (χ0v) is 25.3. The van der Waals surface area contributed by atoms with Gasteiger partial charge in [-0.15, -0.1) is 15.3 Å².